The summed E-state index contributed by atoms with van der Waals surface area (Å²) in [5.74, 6) is 0.441. The number of benzene rings is 3. The van der Waals surface area contributed by atoms with Crippen molar-refractivity contribution in [3.05, 3.63) is 89.6 Å². The molecule has 3 aromatic carbocycles. The molecule has 2 fully saturated rings. The summed E-state index contributed by atoms with van der Waals surface area (Å²) in [6, 6.07) is 19.6. The number of methoxy groups -OCH3 is 6. The number of fused-ring (bicyclic) bond motifs is 6. The number of ether oxygens (including phenoxy) is 7. The molecule has 282 valence electrons. The van der Waals surface area contributed by atoms with Crippen molar-refractivity contribution in [1.82, 2.24) is 9.88 Å². The zero-order valence-corrected chi connectivity index (χ0v) is 31.6. The summed E-state index contributed by atoms with van der Waals surface area (Å²) in [4.78, 5) is 33.1. The van der Waals surface area contributed by atoms with Gasteiger partial charge in [-0.3, -0.25) is 9.69 Å². The second-order valence-electron chi connectivity index (χ2n) is 13.8. The molecule has 0 spiro atoms. The summed E-state index contributed by atoms with van der Waals surface area (Å²) in [5.41, 5.74) is 6.17. The van der Waals surface area contributed by atoms with Crippen LogP contribution in [0.25, 0.3) is 16.5 Å². The highest BCUT2D eigenvalue weighted by atomic mass is 16.6. The lowest BCUT2D eigenvalue weighted by molar-refractivity contribution is -0.176. The van der Waals surface area contributed by atoms with Crippen LogP contribution in [0.5, 0.6) is 23.0 Å². The van der Waals surface area contributed by atoms with Crippen LogP contribution in [-0.4, -0.2) is 89.8 Å². The van der Waals surface area contributed by atoms with Crippen molar-refractivity contribution in [1.29, 1.82) is 0 Å². The topological polar surface area (TPSA) is 118 Å². The molecule has 4 aromatic rings. The summed E-state index contributed by atoms with van der Waals surface area (Å²) in [7, 11) is 9.10. The number of hydrogen-bond donors (Lipinski definition) is 1. The monoisotopic (exact) mass is 726 g/mol. The summed E-state index contributed by atoms with van der Waals surface area (Å²) in [6.45, 7) is 7.52. The van der Waals surface area contributed by atoms with E-state index in [-0.39, 0.29) is 29.4 Å². The number of aromatic amines is 1. The van der Waals surface area contributed by atoms with Gasteiger partial charge in [0.05, 0.1) is 53.1 Å². The van der Waals surface area contributed by atoms with Crippen molar-refractivity contribution < 1.29 is 42.7 Å². The van der Waals surface area contributed by atoms with Crippen LogP contribution in [0.4, 0.5) is 0 Å². The third kappa shape index (κ3) is 7.45. The zero-order valence-electron chi connectivity index (χ0n) is 31.6. The van der Waals surface area contributed by atoms with Crippen LogP contribution in [0.15, 0.2) is 67.2 Å². The minimum Gasteiger partial charge on any atom is -0.497 e. The quantitative estimate of drug-likeness (QED) is 0.183. The molecule has 0 bridgehead atoms. The van der Waals surface area contributed by atoms with Gasteiger partial charge in [-0.05, 0) is 73.4 Å². The Morgan fingerprint density at radius 1 is 0.849 bits per heavy atom. The van der Waals surface area contributed by atoms with Crippen molar-refractivity contribution in [2.24, 2.45) is 17.8 Å². The molecule has 1 aromatic heterocycles. The molecule has 3 aliphatic rings. The Labute approximate surface area is 311 Å². The minimum absolute atomic E-state index is 0.0170. The van der Waals surface area contributed by atoms with Crippen LogP contribution in [0.2, 0.25) is 0 Å². The van der Waals surface area contributed by atoms with Crippen LogP contribution >= 0.6 is 0 Å². The van der Waals surface area contributed by atoms with Crippen LogP contribution in [0.1, 0.15) is 53.0 Å². The molecule has 0 amide bonds. The molecule has 11 nitrogen and oxygen atoms in total. The molecular weight excluding hydrogens is 676 g/mol. The standard InChI is InChI=1S/C33H40N2O9.C9H10/c1-38-19-7-8-20-21-9-10-35-16-18-13-27(44-32(36)17-11-25(39-2)30(41-4)26(12-17)40-3)31(42-5)28(33(37)43-6)22(18)15-24(35)29(21)34-23(20)14-19;1-8(2)9-6-4-3-5-7-9/h7-8,11-12,14,18,22,24,27-28,31,34H,9-10,13,15-16H2,1-6H3;3-7H,1H2,2H3/t18-,22+,24-,27-,28+,31+;/m1./s1. The van der Waals surface area contributed by atoms with Gasteiger partial charge in [0.1, 0.15) is 18.0 Å². The van der Waals surface area contributed by atoms with E-state index in [9.17, 15) is 9.59 Å². The first kappa shape index (κ1) is 37.7. The number of rotatable bonds is 9. The van der Waals surface area contributed by atoms with Gasteiger partial charge < -0.3 is 38.1 Å². The fraction of sp³-hybridized carbons (Fsp3) is 0.429. The number of allylic oxidation sites excluding steroid dienone is 1. The van der Waals surface area contributed by atoms with Crippen LogP contribution < -0.4 is 18.9 Å². The number of esters is 2. The Bertz CT molecular complexity index is 1910. The molecule has 2 aliphatic heterocycles. The zero-order chi connectivity index (χ0) is 37.8. The van der Waals surface area contributed by atoms with E-state index < -0.39 is 24.1 Å². The fourth-order valence-corrected chi connectivity index (χ4v) is 8.48. The van der Waals surface area contributed by atoms with E-state index in [0.29, 0.717) is 23.7 Å². The maximum absolute atomic E-state index is 13.5. The Kier molecular flexibility index (Phi) is 11.6. The lowest BCUT2D eigenvalue weighted by Crippen LogP contribution is -2.58. The Balaban J connectivity index is 0.000000468. The van der Waals surface area contributed by atoms with E-state index in [4.69, 9.17) is 33.2 Å². The van der Waals surface area contributed by atoms with E-state index in [1.54, 1.807) is 26.4 Å². The van der Waals surface area contributed by atoms with Gasteiger partial charge in [0.15, 0.2) is 11.5 Å². The number of H-pyrrole nitrogens is 1. The number of piperidine rings is 1. The van der Waals surface area contributed by atoms with Gasteiger partial charge in [-0.15, -0.1) is 0 Å². The van der Waals surface area contributed by atoms with Gasteiger partial charge in [0.25, 0.3) is 0 Å². The number of aromatic nitrogens is 1. The predicted molar refractivity (Wildman–Crippen MR) is 202 cm³/mol. The maximum Gasteiger partial charge on any atom is 0.338 e. The molecule has 1 saturated heterocycles. The first-order valence-electron chi connectivity index (χ1n) is 17.9. The number of hydrogen-bond acceptors (Lipinski definition) is 10. The highest BCUT2D eigenvalue weighted by molar-refractivity contribution is 5.91. The summed E-state index contributed by atoms with van der Waals surface area (Å²) in [6.07, 6.45) is 0.920. The summed E-state index contributed by atoms with van der Waals surface area (Å²) >= 11 is 0. The largest absolute Gasteiger partial charge is 0.497 e. The number of carbonyl (C=O) groups excluding carboxylic acids is 2. The molecule has 1 aliphatic carbocycles. The lowest BCUT2D eigenvalue weighted by Gasteiger charge is -2.52. The van der Waals surface area contributed by atoms with Crippen molar-refractivity contribution in [3.8, 4) is 23.0 Å². The van der Waals surface area contributed by atoms with Gasteiger partial charge in [-0.1, -0.05) is 42.5 Å². The lowest BCUT2D eigenvalue weighted by atomic mass is 9.63. The van der Waals surface area contributed by atoms with Crippen LogP contribution in [0, 0.1) is 17.8 Å². The van der Waals surface area contributed by atoms with Gasteiger partial charge in [-0.2, -0.15) is 0 Å². The Hall–Kier alpha value is -5.00. The number of nitrogens with one attached hydrogen (secondary N) is 1. The smallest absolute Gasteiger partial charge is 0.338 e. The summed E-state index contributed by atoms with van der Waals surface area (Å²) < 4.78 is 39.1. The van der Waals surface area contributed by atoms with Gasteiger partial charge >= 0.3 is 11.9 Å². The first-order valence-corrected chi connectivity index (χ1v) is 17.9. The molecule has 0 radical (unpaired) electrons. The Morgan fingerprint density at radius 2 is 1.57 bits per heavy atom. The number of nitrogens with zero attached hydrogens (tertiary/aromatic N) is 1. The van der Waals surface area contributed by atoms with Gasteiger partial charge in [0.2, 0.25) is 5.75 Å². The predicted octanol–water partition coefficient (Wildman–Crippen LogP) is 6.89. The highest BCUT2D eigenvalue weighted by Crippen LogP contribution is 2.51. The fourth-order valence-electron chi connectivity index (χ4n) is 8.48. The van der Waals surface area contributed by atoms with Gasteiger partial charge in [0, 0.05) is 42.9 Å². The third-order valence-electron chi connectivity index (χ3n) is 11.0. The molecule has 1 N–H and O–H groups in total. The average Bonchev–Trinajstić information content (AvgIpc) is 3.57. The SMILES string of the molecule is C=C(C)c1ccccc1.COC(=O)[C@H]1[C@H]2C[C@@H]3c4[nH]c5cc(OC)ccc5c4CCN3C[C@H]2C[C@@H](OC(=O)c2cc(OC)c(OC)c(OC)c2)[C@@H]1OC. The molecule has 11 heteroatoms. The van der Waals surface area contributed by atoms with Gasteiger partial charge in [-0.25, -0.2) is 4.79 Å². The van der Waals surface area contributed by atoms with Crippen LogP contribution in [-0.2, 0) is 25.4 Å². The second kappa shape index (κ2) is 16.3. The first-order chi connectivity index (χ1) is 25.6. The van der Waals surface area contributed by atoms with E-state index in [1.165, 1.54) is 50.6 Å². The van der Waals surface area contributed by atoms with Crippen LogP contribution in [0.3, 0.4) is 0 Å². The molecule has 6 atom stereocenters. The second-order valence-corrected chi connectivity index (χ2v) is 13.8. The highest BCUT2D eigenvalue weighted by Gasteiger charge is 2.54. The van der Waals surface area contributed by atoms with E-state index in [1.807, 2.05) is 37.3 Å². The van der Waals surface area contributed by atoms with Crippen molar-refractivity contribution in [2.45, 2.75) is 44.4 Å². The molecule has 53 heavy (non-hydrogen) atoms. The van der Waals surface area contributed by atoms with E-state index in [2.05, 4.69) is 34.7 Å². The normalized spacial score (nSPS) is 23.2. The van der Waals surface area contributed by atoms with Crippen molar-refractivity contribution >= 4 is 28.4 Å². The summed E-state index contributed by atoms with van der Waals surface area (Å²) in [5, 5.41) is 1.21. The van der Waals surface area contributed by atoms with Crippen molar-refractivity contribution in [2.75, 3.05) is 55.7 Å². The molecular formula is C42H50N2O9. The minimum atomic E-state index is -0.670. The van der Waals surface area contributed by atoms with E-state index in [0.717, 1.165) is 42.8 Å². The molecule has 3 heterocycles. The molecule has 0 unspecified atom stereocenters. The third-order valence-corrected chi connectivity index (χ3v) is 11.0. The molecule has 1 saturated carbocycles. The van der Waals surface area contributed by atoms with E-state index >= 15 is 0 Å². The maximum atomic E-state index is 13.5. The number of carbonyl (C=O) groups is 2. The Morgan fingerprint density at radius 3 is 2.15 bits per heavy atom. The average molecular weight is 727 g/mol. The molecule has 7 rings (SSSR count). The van der Waals surface area contributed by atoms with Crippen molar-refractivity contribution in [3.63, 3.8) is 0 Å².